The second kappa shape index (κ2) is 5.15. The van der Waals surface area contributed by atoms with Gasteiger partial charge in [-0.15, -0.1) is 10.2 Å². The molecule has 7 heteroatoms. The van der Waals surface area contributed by atoms with E-state index in [0.717, 1.165) is 38.5 Å². The Labute approximate surface area is 97.7 Å². The summed E-state index contributed by atoms with van der Waals surface area (Å²) in [5.41, 5.74) is 1.02. The lowest BCUT2D eigenvalue weighted by Gasteiger charge is -2.26. The summed E-state index contributed by atoms with van der Waals surface area (Å²) in [6, 6.07) is 1.80. The fraction of sp³-hybridized carbons (Fsp3) is 0.667. The molecule has 1 aliphatic rings. The first-order chi connectivity index (χ1) is 7.66. The van der Waals surface area contributed by atoms with Gasteiger partial charge >= 0.3 is 0 Å². The molecule has 1 atom stereocenters. The lowest BCUT2D eigenvalue weighted by atomic mass is 10.3. The average Bonchev–Trinajstić information content (AvgIpc) is 2.62. The number of hydrogen-bond donors (Lipinski definition) is 1. The summed E-state index contributed by atoms with van der Waals surface area (Å²) in [4.78, 5) is 2.28. The van der Waals surface area contributed by atoms with E-state index in [1.807, 2.05) is 7.05 Å². The third kappa shape index (κ3) is 2.74. The number of morpholine rings is 1. The molecule has 0 spiro atoms. The van der Waals surface area contributed by atoms with Gasteiger partial charge in [0.1, 0.15) is 0 Å². The van der Waals surface area contributed by atoms with E-state index in [1.54, 1.807) is 10.7 Å². The summed E-state index contributed by atoms with van der Waals surface area (Å²) in [5.74, 6) is 0. The monoisotopic (exact) mass is 244 g/mol. The normalized spacial score (nSPS) is 19.9. The fourth-order valence-corrected chi connectivity index (χ4v) is 2.17. The summed E-state index contributed by atoms with van der Waals surface area (Å²) < 4.78 is 18.1. The van der Waals surface area contributed by atoms with Crippen molar-refractivity contribution in [3.8, 4) is 0 Å². The molecule has 6 nitrogen and oxygen atoms in total. The first-order valence-electron chi connectivity index (χ1n) is 5.16. The van der Waals surface area contributed by atoms with Crippen LogP contribution in [0.2, 0.25) is 0 Å². The van der Waals surface area contributed by atoms with Crippen molar-refractivity contribution in [3.05, 3.63) is 11.8 Å². The van der Waals surface area contributed by atoms with E-state index in [9.17, 15) is 4.55 Å². The molecule has 1 aromatic rings. The van der Waals surface area contributed by atoms with E-state index in [0.29, 0.717) is 5.03 Å². The molecule has 2 rings (SSSR count). The lowest BCUT2D eigenvalue weighted by Crippen LogP contribution is -2.36. The van der Waals surface area contributed by atoms with Crippen molar-refractivity contribution in [2.75, 3.05) is 26.3 Å². The Hall–Kier alpha value is -0.600. The van der Waals surface area contributed by atoms with Crippen LogP contribution in [0.1, 0.15) is 5.69 Å². The van der Waals surface area contributed by atoms with Crippen LogP contribution in [0.15, 0.2) is 11.1 Å². The first-order valence-corrected chi connectivity index (χ1v) is 6.37. The molecule has 1 saturated heterocycles. The molecular weight excluding hydrogens is 228 g/mol. The number of nitrogens with two attached hydrogens (primary N) is 1. The standard InChI is InChI=1S/C9H16N4O2S/c1-12-8(6-9(11-12)16(10)14)7-13-2-4-15-5-3-13/h6H,2-5,7,10H2,1H3. The Morgan fingerprint density at radius 3 is 2.81 bits per heavy atom. The number of nitrogens with zero attached hydrogens (tertiary/aromatic N) is 3. The van der Waals surface area contributed by atoms with Gasteiger partial charge in [-0.25, -0.2) is 0 Å². The van der Waals surface area contributed by atoms with Gasteiger partial charge in [0.25, 0.3) is 5.03 Å². The maximum atomic E-state index is 11.1. The van der Waals surface area contributed by atoms with E-state index in [2.05, 4.69) is 10.00 Å². The average molecular weight is 244 g/mol. The van der Waals surface area contributed by atoms with Gasteiger partial charge in [-0.2, -0.15) is 0 Å². The van der Waals surface area contributed by atoms with E-state index < -0.39 is 11.4 Å². The molecule has 2 heterocycles. The van der Waals surface area contributed by atoms with Gasteiger partial charge in [0.15, 0.2) is 0 Å². The molecule has 0 aromatic carbocycles. The molecule has 0 radical (unpaired) electrons. The van der Waals surface area contributed by atoms with E-state index in [1.165, 1.54) is 0 Å². The summed E-state index contributed by atoms with van der Waals surface area (Å²) in [6.07, 6.45) is 0. The zero-order valence-electron chi connectivity index (χ0n) is 9.26. The van der Waals surface area contributed by atoms with Crippen LogP contribution in [0.25, 0.3) is 0 Å². The molecule has 0 saturated carbocycles. The van der Waals surface area contributed by atoms with E-state index in [4.69, 9.17) is 9.88 Å². The van der Waals surface area contributed by atoms with Gasteiger partial charge in [-0.1, -0.05) is 0 Å². The number of hydrogen-bond acceptors (Lipinski definition) is 5. The maximum absolute atomic E-state index is 11.1. The number of aromatic nitrogens is 2. The molecule has 16 heavy (non-hydrogen) atoms. The van der Waals surface area contributed by atoms with Crippen molar-refractivity contribution in [1.29, 1.82) is 0 Å². The van der Waals surface area contributed by atoms with Gasteiger partial charge in [0.2, 0.25) is 0 Å². The molecule has 0 amide bonds. The largest absolute Gasteiger partial charge is 0.592 e. The first kappa shape index (κ1) is 11.9. The third-order valence-corrected chi connectivity index (χ3v) is 3.26. The highest BCUT2D eigenvalue weighted by Crippen LogP contribution is 2.11. The smallest absolute Gasteiger partial charge is 0.284 e. The minimum atomic E-state index is -1.50. The van der Waals surface area contributed by atoms with E-state index in [-0.39, 0.29) is 0 Å². The molecule has 1 unspecified atom stereocenters. The van der Waals surface area contributed by atoms with Gasteiger partial charge in [0, 0.05) is 32.7 Å². The topological polar surface area (TPSA) is 79.4 Å². The highest BCUT2D eigenvalue weighted by molar-refractivity contribution is 7.89. The molecule has 2 N–H and O–H groups in total. The Morgan fingerprint density at radius 2 is 2.25 bits per heavy atom. The minimum absolute atomic E-state index is 0.436. The Balaban J connectivity index is 2.02. The lowest BCUT2D eigenvalue weighted by molar-refractivity contribution is 0.0331. The molecular formula is C9H16N4O2S. The zero-order valence-corrected chi connectivity index (χ0v) is 10.1. The van der Waals surface area contributed by atoms with Crippen LogP contribution in [0.3, 0.4) is 0 Å². The van der Waals surface area contributed by atoms with Crippen LogP contribution in [0, 0.1) is 0 Å². The maximum Gasteiger partial charge on any atom is 0.284 e. The fourth-order valence-electron chi connectivity index (χ4n) is 1.71. The van der Waals surface area contributed by atoms with Crippen LogP contribution in [-0.2, 0) is 29.7 Å². The second-order valence-electron chi connectivity index (χ2n) is 3.78. The van der Waals surface area contributed by atoms with Gasteiger partial charge in [0.05, 0.1) is 30.3 Å². The van der Waals surface area contributed by atoms with Crippen LogP contribution < -0.4 is 5.14 Å². The van der Waals surface area contributed by atoms with Crippen molar-refractivity contribution in [3.63, 3.8) is 0 Å². The minimum Gasteiger partial charge on any atom is -0.592 e. The number of rotatable bonds is 3. The van der Waals surface area contributed by atoms with Gasteiger partial charge in [-0.05, 0) is 0 Å². The Bertz CT molecular complexity index is 349. The van der Waals surface area contributed by atoms with Crippen LogP contribution >= 0.6 is 0 Å². The van der Waals surface area contributed by atoms with Crippen LogP contribution in [-0.4, -0.2) is 45.5 Å². The van der Waals surface area contributed by atoms with E-state index >= 15 is 0 Å². The summed E-state index contributed by atoms with van der Waals surface area (Å²) >= 11 is -1.50. The van der Waals surface area contributed by atoms with Crippen LogP contribution in [0.5, 0.6) is 0 Å². The molecule has 90 valence electrons. The van der Waals surface area contributed by atoms with Crippen LogP contribution in [0.4, 0.5) is 0 Å². The Kier molecular flexibility index (Phi) is 3.82. The SMILES string of the molecule is Cn1nc([S+](N)[O-])cc1CN1CCOCC1. The predicted octanol–water partition coefficient (Wildman–Crippen LogP) is -0.766. The molecule has 1 aromatic heterocycles. The van der Waals surface area contributed by atoms with Crippen molar-refractivity contribution in [1.82, 2.24) is 14.7 Å². The molecule has 1 fully saturated rings. The van der Waals surface area contributed by atoms with Gasteiger partial charge in [-0.3, -0.25) is 9.58 Å². The quantitative estimate of drug-likeness (QED) is 0.707. The summed E-state index contributed by atoms with van der Waals surface area (Å²) in [6.45, 7) is 4.18. The third-order valence-electron chi connectivity index (χ3n) is 2.65. The highest BCUT2D eigenvalue weighted by Gasteiger charge is 2.17. The molecule has 0 bridgehead atoms. The molecule has 1 aliphatic heterocycles. The predicted molar refractivity (Wildman–Crippen MR) is 59.9 cm³/mol. The van der Waals surface area contributed by atoms with Gasteiger partial charge < -0.3 is 9.29 Å². The zero-order chi connectivity index (χ0) is 11.5. The number of ether oxygens (including phenoxy) is 1. The highest BCUT2D eigenvalue weighted by atomic mass is 32.2. The van der Waals surface area contributed by atoms with Crippen molar-refractivity contribution < 1.29 is 9.29 Å². The second-order valence-corrected chi connectivity index (χ2v) is 4.80. The van der Waals surface area contributed by atoms with Crippen molar-refractivity contribution >= 4 is 11.4 Å². The summed E-state index contributed by atoms with van der Waals surface area (Å²) in [5, 5.41) is 9.84. The van der Waals surface area contributed by atoms with Crippen molar-refractivity contribution in [2.24, 2.45) is 12.2 Å². The van der Waals surface area contributed by atoms with Crippen molar-refractivity contribution in [2.45, 2.75) is 11.6 Å². The number of aryl methyl sites for hydroxylation is 1. The Morgan fingerprint density at radius 1 is 1.56 bits per heavy atom. The summed E-state index contributed by atoms with van der Waals surface area (Å²) in [7, 11) is 1.84. The molecule has 0 aliphatic carbocycles.